The predicted molar refractivity (Wildman–Crippen MR) is 88.0 cm³/mol. The number of aryl methyl sites for hydroxylation is 1. The standard InChI is InChI=1S/C20H18O/c1-15-12-13-18(14-21)20(17-10-6-3-7-11-17)19(15)16-8-4-2-5-9-16/h2-13,21H,14H2,1H3. The Labute approximate surface area is 125 Å². The first-order valence-electron chi connectivity index (χ1n) is 7.15. The molecule has 21 heavy (non-hydrogen) atoms. The van der Waals surface area contributed by atoms with Gasteiger partial charge in [-0.15, -0.1) is 0 Å². The van der Waals surface area contributed by atoms with Crippen molar-refractivity contribution in [1.29, 1.82) is 0 Å². The van der Waals surface area contributed by atoms with Gasteiger partial charge in [-0.3, -0.25) is 0 Å². The molecule has 0 amide bonds. The minimum atomic E-state index is 0.0460. The predicted octanol–water partition coefficient (Wildman–Crippen LogP) is 4.82. The lowest BCUT2D eigenvalue weighted by Crippen LogP contribution is -1.96. The second-order valence-electron chi connectivity index (χ2n) is 5.18. The van der Waals surface area contributed by atoms with E-state index in [1.54, 1.807) is 0 Å². The summed E-state index contributed by atoms with van der Waals surface area (Å²) in [5.74, 6) is 0. The number of rotatable bonds is 3. The van der Waals surface area contributed by atoms with E-state index in [1.807, 2.05) is 30.3 Å². The Morgan fingerprint density at radius 3 is 1.71 bits per heavy atom. The smallest absolute Gasteiger partial charge is 0.0688 e. The fourth-order valence-electron chi connectivity index (χ4n) is 2.79. The highest BCUT2D eigenvalue weighted by Gasteiger charge is 2.14. The molecule has 0 aliphatic carbocycles. The zero-order valence-electron chi connectivity index (χ0n) is 12.1. The van der Waals surface area contributed by atoms with Gasteiger partial charge in [-0.2, -0.15) is 0 Å². The van der Waals surface area contributed by atoms with E-state index in [0.717, 1.165) is 16.7 Å². The summed E-state index contributed by atoms with van der Waals surface area (Å²) in [5, 5.41) is 9.74. The van der Waals surface area contributed by atoms with Crippen molar-refractivity contribution >= 4 is 0 Å². The van der Waals surface area contributed by atoms with Gasteiger partial charge in [0.25, 0.3) is 0 Å². The average molecular weight is 274 g/mol. The third-order valence-corrected chi connectivity index (χ3v) is 3.80. The highest BCUT2D eigenvalue weighted by atomic mass is 16.3. The average Bonchev–Trinajstić information content (AvgIpc) is 2.56. The Kier molecular flexibility index (Phi) is 3.85. The van der Waals surface area contributed by atoms with E-state index in [-0.39, 0.29) is 6.61 Å². The molecular weight excluding hydrogens is 256 g/mol. The molecule has 104 valence electrons. The van der Waals surface area contributed by atoms with Crippen LogP contribution in [0.5, 0.6) is 0 Å². The Hall–Kier alpha value is -2.38. The van der Waals surface area contributed by atoms with E-state index in [0.29, 0.717) is 0 Å². The molecule has 0 saturated carbocycles. The topological polar surface area (TPSA) is 20.2 Å². The molecule has 0 spiro atoms. The minimum Gasteiger partial charge on any atom is -0.392 e. The van der Waals surface area contributed by atoms with Crippen LogP contribution in [0.1, 0.15) is 11.1 Å². The summed E-state index contributed by atoms with van der Waals surface area (Å²) in [4.78, 5) is 0. The highest BCUT2D eigenvalue weighted by molar-refractivity contribution is 5.87. The summed E-state index contributed by atoms with van der Waals surface area (Å²) < 4.78 is 0. The normalized spacial score (nSPS) is 10.6. The maximum absolute atomic E-state index is 9.74. The highest BCUT2D eigenvalue weighted by Crippen LogP contribution is 2.37. The Bertz CT molecular complexity index is 731. The molecule has 0 unspecified atom stereocenters. The minimum absolute atomic E-state index is 0.0460. The summed E-state index contributed by atoms with van der Waals surface area (Å²) >= 11 is 0. The quantitative estimate of drug-likeness (QED) is 0.726. The van der Waals surface area contributed by atoms with Crippen LogP contribution in [-0.4, -0.2) is 5.11 Å². The van der Waals surface area contributed by atoms with Crippen molar-refractivity contribution in [2.45, 2.75) is 13.5 Å². The number of hydrogen-bond donors (Lipinski definition) is 1. The van der Waals surface area contributed by atoms with E-state index < -0.39 is 0 Å². The molecule has 3 rings (SSSR count). The molecule has 0 bridgehead atoms. The van der Waals surface area contributed by atoms with Crippen LogP contribution < -0.4 is 0 Å². The van der Waals surface area contributed by atoms with Gasteiger partial charge >= 0.3 is 0 Å². The number of benzene rings is 3. The van der Waals surface area contributed by atoms with Crippen molar-refractivity contribution in [3.8, 4) is 22.3 Å². The van der Waals surface area contributed by atoms with E-state index in [2.05, 4.69) is 49.4 Å². The molecule has 1 nitrogen and oxygen atoms in total. The summed E-state index contributed by atoms with van der Waals surface area (Å²) in [6, 6.07) is 24.7. The number of hydrogen-bond acceptors (Lipinski definition) is 1. The Balaban J connectivity index is 2.33. The second-order valence-corrected chi connectivity index (χ2v) is 5.18. The molecule has 0 aliphatic rings. The van der Waals surface area contributed by atoms with Gasteiger partial charge < -0.3 is 5.11 Å². The lowest BCUT2D eigenvalue weighted by molar-refractivity contribution is 0.282. The largest absolute Gasteiger partial charge is 0.392 e. The van der Waals surface area contributed by atoms with Crippen molar-refractivity contribution in [3.05, 3.63) is 83.9 Å². The lowest BCUT2D eigenvalue weighted by atomic mass is 9.87. The summed E-state index contributed by atoms with van der Waals surface area (Å²) in [7, 11) is 0. The van der Waals surface area contributed by atoms with E-state index in [4.69, 9.17) is 0 Å². The van der Waals surface area contributed by atoms with Gasteiger partial charge in [0.15, 0.2) is 0 Å². The Morgan fingerprint density at radius 2 is 1.19 bits per heavy atom. The first kappa shape index (κ1) is 13.6. The zero-order valence-corrected chi connectivity index (χ0v) is 12.1. The fourth-order valence-corrected chi connectivity index (χ4v) is 2.79. The molecule has 0 fully saturated rings. The maximum Gasteiger partial charge on any atom is 0.0688 e. The molecule has 0 aromatic heterocycles. The summed E-state index contributed by atoms with van der Waals surface area (Å²) in [6.45, 7) is 2.17. The zero-order chi connectivity index (χ0) is 14.7. The van der Waals surface area contributed by atoms with Crippen molar-refractivity contribution in [2.75, 3.05) is 0 Å². The Morgan fingerprint density at radius 1 is 0.667 bits per heavy atom. The van der Waals surface area contributed by atoms with Crippen LogP contribution >= 0.6 is 0 Å². The molecule has 0 atom stereocenters. The molecule has 0 heterocycles. The monoisotopic (exact) mass is 274 g/mol. The second kappa shape index (κ2) is 5.94. The molecule has 0 aliphatic heterocycles. The van der Waals surface area contributed by atoms with Gasteiger partial charge in [0.2, 0.25) is 0 Å². The van der Waals surface area contributed by atoms with Gasteiger partial charge in [-0.25, -0.2) is 0 Å². The van der Waals surface area contributed by atoms with Gasteiger partial charge in [0.05, 0.1) is 6.61 Å². The van der Waals surface area contributed by atoms with Gasteiger partial charge in [-0.1, -0.05) is 72.8 Å². The van der Waals surface area contributed by atoms with Crippen LogP contribution in [-0.2, 0) is 6.61 Å². The first-order valence-corrected chi connectivity index (χ1v) is 7.15. The van der Waals surface area contributed by atoms with Crippen molar-refractivity contribution < 1.29 is 5.11 Å². The number of aliphatic hydroxyl groups excluding tert-OH is 1. The molecule has 3 aromatic rings. The van der Waals surface area contributed by atoms with Crippen molar-refractivity contribution in [1.82, 2.24) is 0 Å². The lowest BCUT2D eigenvalue weighted by Gasteiger charge is -2.17. The van der Waals surface area contributed by atoms with Crippen LogP contribution in [0.25, 0.3) is 22.3 Å². The van der Waals surface area contributed by atoms with E-state index >= 15 is 0 Å². The maximum atomic E-state index is 9.74. The summed E-state index contributed by atoms with van der Waals surface area (Å²) in [6.07, 6.45) is 0. The molecular formula is C20H18O. The van der Waals surface area contributed by atoms with Crippen molar-refractivity contribution in [3.63, 3.8) is 0 Å². The van der Waals surface area contributed by atoms with Crippen LogP contribution in [0.15, 0.2) is 72.8 Å². The van der Waals surface area contributed by atoms with E-state index in [9.17, 15) is 5.11 Å². The third kappa shape index (κ3) is 2.61. The van der Waals surface area contributed by atoms with Crippen LogP contribution in [0.4, 0.5) is 0 Å². The molecule has 3 aromatic carbocycles. The van der Waals surface area contributed by atoms with E-state index in [1.165, 1.54) is 16.7 Å². The molecule has 1 N–H and O–H groups in total. The SMILES string of the molecule is Cc1ccc(CO)c(-c2ccccc2)c1-c1ccccc1. The number of aliphatic hydroxyl groups is 1. The van der Waals surface area contributed by atoms with Crippen LogP contribution in [0.2, 0.25) is 0 Å². The molecule has 1 heteroatoms. The van der Waals surface area contributed by atoms with Gasteiger partial charge in [0.1, 0.15) is 0 Å². The van der Waals surface area contributed by atoms with Gasteiger partial charge in [-0.05, 0) is 40.3 Å². The van der Waals surface area contributed by atoms with Crippen LogP contribution in [0, 0.1) is 6.92 Å². The van der Waals surface area contributed by atoms with Gasteiger partial charge in [0, 0.05) is 0 Å². The molecule has 0 saturated heterocycles. The fraction of sp³-hybridized carbons (Fsp3) is 0.100. The third-order valence-electron chi connectivity index (χ3n) is 3.80. The summed E-state index contributed by atoms with van der Waals surface area (Å²) in [5.41, 5.74) is 6.84. The first-order chi connectivity index (χ1) is 10.3. The van der Waals surface area contributed by atoms with Crippen molar-refractivity contribution in [2.24, 2.45) is 0 Å². The van der Waals surface area contributed by atoms with Crippen LogP contribution in [0.3, 0.4) is 0 Å². The molecule has 0 radical (unpaired) electrons.